The van der Waals surface area contributed by atoms with E-state index in [2.05, 4.69) is 6.92 Å². The van der Waals surface area contributed by atoms with E-state index in [1.165, 1.54) is 19.3 Å². The van der Waals surface area contributed by atoms with Crippen LogP contribution in [0.15, 0.2) is 18.2 Å². The molecule has 0 aromatic heterocycles. The highest BCUT2D eigenvalue weighted by molar-refractivity contribution is 6.59. The molecule has 0 aliphatic heterocycles. The Morgan fingerprint density at radius 3 is 2.68 bits per heavy atom. The molecule has 1 aromatic carbocycles. The highest BCUT2D eigenvalue weighted by Crippen LogP contribution is 2.30. The Kier molecular flexibility index (Phi) is 4.89. The predicted octanol–water partition coefficient (Wildman–Crippen LogP) is 2.02. The van der Waals surface area contributed by atoms with Crippen LogP contribution in [0.1, 0.15) is 44.6 Å². The Morgan fingerprint density at radius 2 is 2.00 bits per heavy atom. The predicted molar refractivity (Wildman–Crippen MR) is 77.7 cm³/mol. The number of ether oxygens (including phenoxy) is 1. The van der Waals surface area contributed by atoms with Crippen LogP contribution in [0.5, 0.6) is 5.75 Å². The average molecular weight is 262 g/mol. The molecule has 1 aliphatic carbocycles. The van der Waals surface area contributed by atoms with Gasteiger partial charge in [-0.2, -0.15) is 0 Å². The van der Waals surface area contributed by atoms with Crippen molar-refractivity contribution >= 4 is 12.6 Å². The van der Waals surface area contributed by atoms with Crippen molar-refractivity contribution in [3.63, 3.8) is 0 Å². The Morgan fingerprint density at radius 1 is 1.26 bits per heavy atom. The van der Waals surface area contributed by atoms with Gasteiger partial charge in [0.15, 0.2) is 0 Å². The van der Waals surface area contributed by atoms with E-state index in [4.69, 9.17) is 4.74 Å². The van der Waals surface area contributed by atoms with E-state index in [1.54, 1.807) is 6.07 Å². The summed E-state index contributed by atoms with van der Waals surface area (Å²) >= 11 is 0. The highest BCUT2D eigenvalue weighted by atomic mass is 16.5. The summed E-state index contributed by atoms with van der Waals surface area (Å²) in [4.78, 5) is 0. The molecule has 1 fully saturated rings. The molecule has 1 saturated carbocycles. The van der Waals surface area contributed by atoms with E-state index in [1.807, 2.05) is 19.1 Å². The van der Waals surface area contributed by atoms with Crippen LogP contribution in [0.25, 0.3) is 0 Å². The topological polar surface area (TPSA) is 49.7 Å². The lowest BCUT2D eigenvalue weighted by atomic mass is 9.78. The summed E-state index contributed by atoms with van der Waals surface area (Å²) in [7, 11) is -1.47. The van der Waals surface area contributed by atoms with E-state index in [0.29, 0.717) is 17.1 Å². The van der Waals surface area contributed by atoms with Gasteiger partial charge >= 0.3 is 7.12 Å². The van der Waals surface area contributed by atoms with Crippen molar-refractivity contribution in [2.75, 3.05) is 0 Å². The Labute approximate surface area is 115 Å². The summed E-state index contributed by atoms with van der Waals surface area (Å²) in [5.41, 5.74) is 1.48. The van der Waals surface area contributed by atoms with Crippen molar-refractivity contribution in [3.8, 4) is 5.75 Å². The van der Waals surface area contributed by atoms with Crippen molar-refractivity contribution in [1.82, 2.24) is 0 Å². The molecular weight excluding hydrogens is 239 g/mol. The standard InChI is InChI=1S/C15H23BO3/c1-3-12-6-4-5-7-14(12)19-15-9-8-11(2)10-13(15)16(17)18/h8-10,12,14,17-18H,3-7H2,1-2H3. The minimum absolute atomic E-state index is 0.207. The second-order valence-corrected chi connectivity index (χ2v) is 5.52. The third-order valence-electron chi connectivity index (χ3n) is 4.09. The first-order chi connectivity index (χ1) is 9.11. The van der Waals surface area contributed by atoms with Gasteiger partial charge < -0.3 is 14.8 Å². The van der Waals surface area contributed by atoms with E-state index in [-0.39, 0.29) is 6.10 Å². The molecule has 1 aliphatic rings. The zero-order chi connectivity index (χ0) is 13.8. The Hall–Kier alpha value is -0.995. The van der Waals surface area contributed by atoms with Gasteiger partial charge in [0.25, 0.3) is 0 Å². The van der Waals surface area contributed by atoms with Gasteiger partial charge in [-0.15, -0.1) is 0 Å². The van der Waals surface area contributed by atoms with Gasteiger partial charge in [-0.05, 0) is 44.6 Å². The third-order valence-corrected chi connectivity index (χ3v) is 4.09. The summed E-state index contributed by atoms with van der Waals surface area (Å²) in [5.74, 6) is 1.20. The number of hydrogen-bond donors (Lipinski definition) is 2. The van der Waals surface area contributed by atoms with Crippen LogP contribution >= 0.6 is 0 Å². The molecule has 104 valence electrons. The second-order valence-electron chi connectivity index (χ2n) is 5.52. The molecule has 0 bridgehead atoms. The maximum Gasteiger partial charge on any atom is 0.492 e. The van der Waals surface area contributed by atoms with Crippen molar-refractivity contribution in [2.45, 2.75) is 52.1 Å². The summed E-state index contributed by atoms with van der Waals surface area (Å²) in [6, 6.07) is 5.58. The van der Waals surface area contributed by atoms with E-state index in [9.17, 15) is 10.0 Å². The lowest BCUT2D eigenvalue weighted by Crippen LogP contribution is -2.36. The summed E-state index contributed by atoms with van der Waals surface area (Å²) in [5, 5.41) is 18.9. The van der Waals surface area contributed by atoms with Crippen LogP contribution in [0.3, 0.4) is 0 Å². The molecule has 2 unspecified atom stereocenters. The first-order valence-electron chi connectivity index (χ1n) is 7.25. The molecule has 2 rings (SSSR count). The van der Waals surface area contributed by atoms with Gasteiger partial charge in [-0.3, -0.25) is 0 Å². The molecule has 1 aromatic rings. The van der Waals surface area contributed by atoms with Crippen molar-refractivity contribution in [1.29, 1.82) is 0 Å². The normalized spacial score (nSPS) is 23.2. The Balaban J connectivity index is 2.17. The largest absolute Gasteiger partial charge is 0.492 e. The first kappa shape index (κ1) is 14.4. The van der Waals surface area contributed by atoms with Crippen molar-refractivity contribution in [3.05, 3.63) is 23.8 Å². The number of benzene rings is 1. The van der Waals surface area contributed by atoms with Crippen LogP contribution < -0.4 is 10.2 Å². The minimum atomic E-state index is -1.47. The zero-order valence-electron chi connectivity index (χ0n) is 11.8. The quantitative estimate of drug-likeness (QED) is 0.816. The van der Waals surface area contributed by atoms with Gasteiger partial charge in [0, 0.05) is 5.46 Å². The van der Waals surface area contributed by atoms with E-state index < -0.39 is 7.12 Å². The zero-order valence-corrected chi connectivity index (χ0v) is 11.8. The third kappa shape index (κ3) is 3.51. The maximum absolute atomic E-state index is 9.46. The number of hydrogen-bond acceptors (Lipinski definition) is 3. The Bertz CT molecular complexity index is 420. The van der Waals surface area contributed by atoms with Gasteiger partial charge in [0.05, 0.1) is 0 Å². The summed E-state index contributed by atoms with van der Waals surface area (Å²) in [6.07, 6.45) is 6.08. The minimum Gasteiger partial charge on any atom is -0.491 e. The number of aryl methyl sites for hydroxylation is 1. The monoisotopic (exact) mass is 262 g/mol. The van der Waals surface area contributed by atoms with Gasteiger partial charge in [-0.1, -0.05) is 31.0 Å². The second kappa shape index (κ2) is 6.44. The van der Waals surface area contributed by atoms with Crippen LogP contribution in [-0.4, -0.2) is 23.3 Å². The van der Waals surface area contributed by atoms with Gasteiger partial charge in [0.2, 0.25) is 0 Å². The van der Waals surface area contributed by atoms with Crippen molar-refractivity contribution < 1.29 is 14.8 Å². The molecular formula is C15H23BO3. The molecule has 2 atom stereocenters. The van der Waals surface area contributed by atoms with Crippen LogP contribution in [0.2, 0.25) is 0 Å². The van der Waals surface area contributed by atoms with Crippen molar-refractivity contribution in [2.24, 2.45) is 5.92 Å². The lowest BCUT2D eigenvalue weighted by molar-refractivity contribution is 0.0911. The molecule has 0 amide bonds. The fraction of sp³-hybridized carbons (Fsp3) is 0.600. The molecule has 0 saturated heterocycles. The fourth-order valence-electron chi connectivity index (χ4n) is 2.94. The van der Waals surface area contributed by atoms with Gasteiger partial charge in [-0.25, -0.2) is 0 Å². The first-order valence-corrected chi connectivity index (χ1v) is 7.25. The van der Waals surface area contributed by atoms with E-state index in [0.717, 1.165) is 18.4 Å². The summed E-state index contributed by atoms with van der Waals surface area (Å²) in [6.45, 7) is 4.13. The molecule has 0 heterocycles. The van der Waals surface area contributed by atoms with E-state index >= 15 is 0 Å². The average Bonchev–Trinajstić information content (AvgIpc) is 2.41. The highest BCUT2D eigenvalue weighted by Gasteiger charge is 2.27. The maximum atomic E-state index is 9.46. The van der Waals surface area contributed by atoms with Crippen LogP contribution in [0, 0.1) is 12.8 Å². The molecule has 3 nitrogen and oxygen atoms in total. The molecule has 19 heavy (non-hydrogen) atoms. The number of rotatable bonds is 4. The SMILES string of the molecule is CCC1CCCCC1Oc1ccc(C)cc1B(O)O. The van der Waals surface area contributed by atoms with Gasteiger partial charge in [0.1, 0.15) is 11.9 Å². The smallest absolute Gasteiger partial charge is 0.491 e. The molecule has 0 radical (unpaired) electrons. The molecule has 0 spiro atoms. The molecule has 4 heteroatoms. The lowest BCUT2D eigenvalue weighted by Gasteiger charge is -2.32. The fourth-order valence-corrected chi connectivity index (χ4v) is 2.94. The van der Waals surface area contributed by atoms with Crippen LogP contribution in [-0.2, 0) is 0 Å². The van der Waals surface area contributed by atoms with Crippen LogP contribution in [0.4, 0.5) is 0 Å². The molecule has 2 N–H and O–H groups in total. The summed E-state index contributed by atoms with van der Waals surface area (Å²) < 4.78 is 6.09.